The Morgan fingerprint density at radius 3 is 3.00 bits per heavy atom. The molecule has 7 nitrogen and oxygen atoms in total. The highest BCUT2D eigenvalue weighted by Crippen LogP contribution is 2.28. The number of carboxylic acids is 1. The van der Waals surface area contributed by atoms with Crippen LogP contribution in [0.4, 0.5) is 5.82 Å². The SMILES string of the molecule is CO[C@H](C)COc1cccc([C@H](CC(=O)O)CN2CC/C(=C\Cc3ccc4c(n3)NCCC4)C2)c1. The normalized spacial score (nSPS) is 18.6. The summed E-state index contributed by atoms with van der Waals surface area (Å²) in [6.45, 7) is 5.94. The highest BCUT2D eigenvalue weighted by Gasteiger charge is 2.24. The number of aliphatic carboxylic acids is 1. The molecule has 1 fully saturated rings. The maximum absolute atomic E-state index is 11.6. The van der Waals surface area contributed by atoms with Gasteiger partial charge in [0.05, 0.1) is 12.5 Å². The fraction of sp³-hybridized carbons (Fsp3) is 0.500. The van der Waals surface area contributed by atoms with Gasteiger partial charge in [-0.2, -0.15) is 0 Å². The van der Waals surface area contributed by atoms with Crippen LogP contribution in [0.5, 0.6) is 5.75 Å². The van der Waals surface area contributed by atoms with Gasteiger partial charge in [0.25, 0.3) is 0 Å². The number of benzene rings is 1. The van der Waals surface area contributed by atoms with Crippen molar-refractivity contribution >= 4 is 11.8 Å². The number of hydrogen-bond acceptors (Lipinski definition) is 6. The molecule has 0 spiro atoms. The van der Waals surface area contributed by atoms with Crippen LogP contribution in [0.3, 0.4) is 0 Å². The summed E-state index contributed by atoms with van der Waals surface area (Å²) in [5.74, 6) is 0.912. The number of carboxylic acid groups (broad SMARTS) is 1. The van der Waals surface area contributed by atoms with Crippen molar-refractivity contribution in [2.75, 3.05) is 45.2 Å². The van der Waals surface area contributed by atoms with E-state index in [1.54, 1.807) is 7.11 Å². The van der Waals surface area contributed by atoms with Crippen molar-refractivity contribution in [2.45, 2.75) is 51.0 Å². The van der Waals surface area contributed by atoms with Crippen LogP contribution >= 0.6 is 0 Å². The van der Waals surface area contributed by atoms with Crippen LogP contribution < -0.4 is 10.1 Å². The number of pyridine rings is 1. The van der Waals surface area contributed by atoms with Gasteiger partial charge in [-0.05, 0) is 55.5 Å². The van der Waals surface area contributed by atoms with Crippen molar-refractivity contribution in [1.29, 1.82) is 0 Å². The van der Waals surface area contributed by atoms with E-state index in [2.05, 4.69) is 28.4 Å². The van der Waals surface area contributed by atoms with Gasteiger partial charge in [0, 0.05) is 51.3 Å². The fourth-order valence-corrected chi connectivity index (χ4v) is 4.75. The minimum Gasteiger partial charge on any atom is -0.491 e. The van der Waals surface area contributed by atoms with Crippen molar-refractivity contribution in [2.24, 2.45) is 0 Å². The molecule has 1 aromatic heterocycles. The molecule has 4 rings (SSSR count). The number of ether oxygens (including phenoxy) is 2. The Morgan fingerprint density at radius 1 is 1.29 bits per heavy atom. The zero-order chi connectivity index (χ0) is 24.6. The number of carbonyl (C=O) groups is 1. The predicted molar refractivity (Wildman–Crippen MR) is 137 cm³/mol. The maximum atomic E-state index is 11.6. The van der Waals surface area contributed by atoms with Gasteiger partial charge in [0.2, 0.25) is 0 Å². The predicted octanol–water partition coefficient (Wildman–Crippen LogP) is 4.29. The van der Waals surface area contributed by atoms with Gasteiger partial charge in [-0.3, -0.25) is 9.69 Å². The van der Waals surface area contributed by atoms with Gasteiger partial charge >= 0.3 is 5.97 Å². The molecule has 2 aliphatic heterocycles. The van der Waals surface area contributed by atoms with Gasteiger partial charge < -0.3 is 19.9 Å². The number of aromatic nitrogens is 1. The first-order valence-electron chi connectivity index (χ1n) is 12.6. The Balaban J connectivity index is 1.36. The van der Waals surface area contributed by atoms with Gasteiger partial charge in [0.15, 0.2) is 0 Å². The number of hydrogen-bond donors (Lipinski definition) is 2. The van der Waals surface area contributed by atoms with Crippen LogP contribution in [0, 0.1) is 0 Å². The van der Waals surface area contributed by atoms with E-state index in [9.17, 15) is 9.90 Å². The molecule has 0 saturated carbocycles. The van der Waals surface area contributed by atoms with E-state index in [-0.39, 0.29) is 18.4 Å². The molecule has 0 bridgehead atoms. The third-order valence-corrected chi connectivity index (χ3v) is 6.84. The lowest BCUT2D eigenvalue weighted by molar-refractivity contribution is -0.137. The third kappa shape index (κ3) is 7.29. The molecular weight excluding hydrogens is 442 g/mol. The van der Waals surface area contributed by atoms with Crippen LogP contribution in [-0.4, -0.2) is 67.0 Å². The summed E-state index contributed by atoms with van der Waals surface area (Å²) in [6.07, 6.45) is 6.51. The number of allylic oxidation sites excluding steroid dienone is 1. The largest absolute Gasteiger partial charge is 0.491 e. The number of likely N-dealkylation sites (tertiary alicyclic amines) is 1. The molecule has 188 valence electrons. The molecule has 2 N–H and O–H groups in total. The average molecular weight is 480 g/mol. The molecule has 2 atom stereocenters. The molecular formula is C28H37N3O4. The summed E-state index contributed by atoms with van der Waals surface area (Å²) in [4.78, 5) is 18.8. The standard InChI is InChI=1S/C28H37N3O4/c1-20(34-2)19-35-26-7-3-5-23(15-26)24(16-27(32)33)18-31-14-12-21(17-31)8-10-25-11-9-22-6-4-13-29-28(22)30-25/h3,5,7-9,11,15,20,24H,4,6,10,12-14,16-19H2,1-2H3,(H,29,30)(H,32,33)/b21-8+/t20-,24-/m1/s1. The summed E-state index contributed by atoms with van der Waals surface area (Å²) in [5, 5.41) is 13.0. The van der Waals surface area contributed by atoms with Crippen molar-refractivity contribution in [3.63, 3.8) is 0 Å². The first-order chi connectivity index (χ1) is 17.0. The summed E-state index contributed by atoms with van der Waals surface area (Å²) >= 11 is 0. The average Bonchev–Trinajstić information content (AvgIpc) is 3.32. The summed E-state index contributed by atoms with van der Waals surface area (Å²) in [6, 6.07) is 12.2. The minimum absolute atomic E-state index is 0.00366. The first-order valence-corrected chi connectivity index (χ1v) is 12.6. The quantitative estimate of drug-likeness (QED) is 0.465. The molecule has 7 heteroatoms. The van der Waals surface area contributed by atoms with E-state index in [0.717, 1.165) is 61.7 Å². The number of nitrogens with one attached hydrogen (secondary N) is 1. The van der Waals surface area contributed by atoms with Gasteiger partial charge in [-0.25, -0.2) is 4.98 Å². The summed E-state index contributed by atoms with van der Waals surface area (Å²) < 4.78 is 11.1. The molecule has 2 aliphatic rings. The van der Waals surface area contributed by atoms with E-state index < -0.39 is 5.97 Å². The zero-order valence-electron chi connectivity index (χ0n) is 20.8. The Labute approximate surface area is 208 Å². The Bertz CT molecular complexity index is 1040. The molecule has 2 aromatic rings. The van der Waals surface area contributed by atoms with E-state index in [4.69, 9.17) is 14.5 Å². The lowest BCUT2D eigenvalue weighted by Crippen LogP contribution is -2.27. The molecule has 3 heterocycles. The highest BCUT2D eigenvalue weighted by molar-refractivity contribution is 5.68. The zero-order valence-corrected chi connectivity index (χ0v) is 20.8. The highest BCUT2D eigenvalue weighted by atomic mass is 16.5. The number of rotatable bonds is 11. The van der Waals surface area contributed by atoms with Gasteiger partial charge in [0.1, 0.15) is 18.2 Å². The van der Waals surface area contributed by atoms with Crippen molar-refractivity contribution in [1.82, 2.24) is 9.88 Å². The lowest BCUT2D eigenvalue weighted by atomic mass is 9.95. The second-order valence-corrected chi connectivity index (χ2v) is 9.62. The second kappa shape index (κ2) is 12.2. The smallest absolute Gasteiger partial charge is 0.304 e. The van der Waals surface area contributed by atoms with E-state index in [1.807, 2.05) is 31.2 Å². The third-order valence-electron chi connectivity index (χ3n) is 6.84. The first kappa shape index (κ1) is 25.2. The molecule has 0 unspecified atom stereocenters. The minimum atomic E-state index is -0.781. The van der Waals surface area contributed by atoms with E-state index >= 15 is 0 Å². The Kier molecular flexibility index (Phi) is 8.77. The van der Waals surface area contributed by atoms with Crippen LogP contribution in [0.1, 0.15) is 48.9 Å². The number of anilines is 1. The Morgan fingerprint density at radius 2 is 2.17 bits per heavy atom. The van der Waals surface area contributed by atoms with Crippen LogP contribution in [0.2, 0.25) is 0 Å². The number of nitrogens with zero attached hydrogens (tertiary/aromatic N) is 2. The maximum Gasteiger partial charge on any atom is 0.304 e. The van der Waals surface area contributed by atoms with Crippen LogP contribution in [0.15, 0.2) is 48.0 Å². The fourth-order valence-electron chi connectivity index (χ4n) is 4.75. The van der Waals surface area contributed by atoms with Gasteiger partial charge in [-0.1, -0.05) is 29.8 Å². The Hall–Kier alpha value is -2.90. The van der Waals surface area contributed by atoms with Crippen LogP contribution in [0.25, 0.3) is 0 Å². The lowest BCUT2D eigenvalue weighted by Gasteiger charge is -2.23. The molecule has 35 heavy (non-hydrogen) atoms. The summed E-state index contributed by atoms with van der Waals surface area (Å²) in [5.41, 5.74) is 4.80. The molecule has 0 aliphatic carbocycles. The van der Waals surface area contributed by atoms with Crippen LogP contribution in [-0.2, 0) is 22.4 Å². The van der Waals surface area contributed by atoms with Crippen molar-refractivity contribution in [3.8, 4) is 5.75 Å². The monoisotopic (exact) mass is 479 g/mol. The topological polar surface area (TPSA) is 83.9 Å². The molecule has 1 saturated heterocycles. The molecule has 0 radical (unpaired) electrons. The van der Waals surface area contributed by atoms with E-state index in [0.29, 0.717) is 13.2 Å². The number of fused-ring (bicyclic) bond motifs is 1. The van der Waals surface area contributed by atoms with Gasteiger partial charge in [-0.15, -0.1) is 0 Å². The number of methoxy groups -OCH3 is 1. The van der Waals surface area contributed by atoms with E-state index in [1.165, 1.54) is 17.6 Å². The van der Waals surface area contributed by atoms with Crippen molar-refractivity contribution in [3.05, 3.63) is 64.9 Å². The molecule has 1 aromatic carbocycles. The second-order valence-electron chi connectivity index (χ2n) is 9.62. The summed E-state index contributed by atoms with van der Waals surface area (Å²) in [7, 11) is 1.66. The van der Waals surface area contributed by atoms with Crippen molar-refractivity contribution < 1.29 is 19.4 Å². The number of aryl methyl sites for hydroxylation is 1. The molecule has 0 amide bonds.